The Morgan fingerprint density at radius 3 is 2.72 bits per heavy atom. The van der Waals surface area contributed by atoms with E-state index in [1.54, 1.807) is 0 Å². The molecule has 0 N–H and O–H groups in total. The fourth-order valence-electron chi connectivity index (χ4n) is 3.08. The van der Waals surface area contributed by atoms with Gasteiger partial charge in [-0.05, 0) is 38.9 Å². The van der Waals surface area contributed by atoms with E-state index in [0.29, 0.717) is 6.10 Å². The van der Waals surface area contributed by atoms with Crippen LogP contribution < -0.4 is 0 Å². The monoisotopic (exact) mass is 272 g/mol. The first-order valence-corrected chi connectivity index (χ1v) is 10.5. The third-order valence-corrected chi connectivity index (χ3v) is 6.72. The second kappa shape index (κ2) is 5.61. The van der Waals surface area contributed by atoms with E-state index in [4.69, 9.17) is 13.9 Å². The third-order valence-electron chi connectivity index (χ3n) is 4.18. The van der Waals surface area contributed by atoms with E-state index in [1.165, 1.54) is 18.9 Å². The maximum atomic E-state index is 6.53. The SMILES string of the molecule is CCC1(CC(C)OCC2CO2)CCC[Si](C)(C)O1. The maximum Gasteiger partial charge on any atom is 0.187 e. The molecule has 2 saturated heterocycles. The molecule has 0 aromatic heterocycles. The molecule has 0 aromatic carbocycles. The van der Waals surface area contributed by atoms with Gasteiger partial charge in [0.25, 0.3) is 0 Å². The van der Waals surface area contributed by atoms with Crippen molar-refractivity contribution in [2.24, 2.45) is 0 Å². The van der Waals surface area contributed by atoms with Gasteiger partial charge in [-0.3, -0.25) is 0 Å². The second-order valence-corrected chi connectivity index (χ2v) is 10.8. The Morgan fingerprint density at radius 1 is 1.44 bits per heavy atom. The van der Waals surface area contributed by atoms with Gasteiger partial charge in [0.1, 0.15) is 6.10 Å². The lowest BCUT2D eigenvalue weighted by Gasteiger charge is -2.45. The van der Waals surface area contributed by atoms with Crippen LogP contribution in [0.15, 0.2) is 0 Å². The zero-order valence-corrected chi connectivity index (χ0v) is 13.3. The molecule has 0 saturated carbocycles. The third kappa shape index (κ3) is 4.05. The van der Waals surface area contributed by atoms with E-state index in [9.17, 15) is 0 Å². The first-order valence-electron chi connectivity index (χ1n) is 7.38. The molecule has 0 bridgehead atoms. The summed E-state index contributed by atoms with van der Waals surface area (Å²) in [5, 5.41) is 0. The molecule has 18 heavy (non-hydrogen) atoms. The van der Waals surface area contributed by atoms with Crippen molar-refractivity contribution in [1.29, 1.82) is 0 Å². The smallest absolute Gasteiger partial charge is 0.187 e. The van der Waals surface area contributed by atoms with Crippen molar-refractivity contribution < 1.29 is 13.9 Å². The highest BCUT2D eigenvalue weighted by Gasteiger charge is 2.41. The summed E-state index contributed by atoms with van der Waals surface area (Å²) in [6.07, 6.45) is 5.31. The summed E-state index contributed by atoms with van der Waals surface area (Å²) >= 11 is 0. The zero-order valence-electron chi connectivity index (χ0n) is 12.3. The van der Waals surface area contributed by atoms with E-state index in [0.717, 1.165) is 26.1 Å². The van der Waals surface area contributed by atoms with Gasteiger partial charge in [-0.15, -0.1) is 0 Å². The average molecular weight is 272 g/mol. The number of epoxide rings is 1. The summed E-state index contributed by atoms with van der Waals surface area (Å²) in [6.45, 7) is 10.8. The molecule has 0 spiro atoms. The first kappa shape index (κ1) is 14.5. The fraction of sp³-hybridized carbons (Fsp3) is 1.00. The van der Waals surface area contributed by atoms with Crippen LogP contribution in [0.25, 0.3) is 0 Å². The Kier molecular flexibility index (Phi) is 4.52. The van der Waals surface area contributed by atoms with Crippen molar-refractivity contribution in [3.8, 4) is 0 Å². The minimum absolute atomic E-state index is 0.0811. The van der Waals surface area contributed by atoms with E-state index in [-0.39, 0.29) is 11.7 Å². The minimum atomic E-state index is -1.43. The van der Waals surface area contributed by atoms with Gasteiger partial charge in [0.15, 0.2) is 8.32 Å². The van der Waals surface area contributed by atoms with Crippen molar-refractivity contribution >= 4 is 8.32 Å². The molecule has 2 heterocycles. The highest BCUT2D eigenvalue weighted by molar-refractivity contribution is 6.71. The van der Waals surface area contributed by atoms with Gasteiger partial charge in [-0.2, -0.15) is 0 Å². The van der Waals surface area contributed by atoms with E-state index >= 15 is 0 Å². The second-order valence-electron chi connectivity index (χ2n) is 6.56. The Balaban J connectivity index is 1.85. The summed E-state index contributed by atoms with van der Waals surface area (Å²) in [7, 11) is -1.43. The Morgan fingerprint density at radius 2 is 2.17 bits per heavy atom. The average Bonchev–Trinajstić information content (AvgIpc) is 3.08. The van der Waals surface area contributed by atoms with E-state index < -0.39 is 8.32 Å². The van der Waals surface area contributed by atoms with Crippen LogP contribution in [-0.2, 0) is 13.9 Å². The summed E-state index contributed by atoms with van der Waals surface area (Å²) in [5.41, 5.74) is 0.0811. The molecule has 2 rings (SSSR count). The van der Waals surface area contributed by atoms with Crippen molar-refractivity contribution in [3.05, 3.63) is 0 Å². The molecule has 0 aliphatic carbocycles. The summed E-state index contributed by atoms with van der Waals surface area (Å²) < 4.78 is 17.6. The van der Waals surface area contributed by atoms with Gasteiger partial charge < -0.3 is 13.9 Å². The standard InChI is InChI=1S/C14H28O3Si/c1-5-14(7-6-8-18(3,4)17-14)9-12(2)15-10-13-11-16-13/h12-13H,5-11H2,1-4H3. The Bertz CT molecular complexity index is 278. The van der Waals surface area contributed by atoms with Crippen molar-refractivity contribution in [3.63, 3.8) is 0 Å². The molecule has 3 atom stereocenters. The Labute approximate surface area is 112 Å². The normalized spacial score (nSPS) is 36.3. The fourth-order valence-corrected chi connectivity index (χ4v) is 5.71. The molecule has 3 unspecified atom stereocenters. The summed E-state index contributed by atoms with van der Waals surface area (Å²) in [6, 6.07) is 1.31. The van der Waals surface area contributed by atoms with Gasteiger partial charge in [0, 0.05) is 6.42 Å². The van der Waals surface area contributed by atoms with Crippen LogP contribution in [0, 0.1) is 0 Å². The van der Waals surface area contributed by atoms with E-state index in [2.05, 4.69) is 26.9 Å². The molecule has 0 aromatic rings. The number of hydrogen-bond donors (Lipinski definition) is 0. The Hall–Kier alpha value is 0.0969. The number of ether oxygens (including phenoxy) is 2. The van der Waals surface area contributed by atoms with Gasteiger partial charge in [0.05, 0.1) is 24.9 Å². The van der Waals surface area contributed by atoms with Gasteiger partial charge >= 0.3 is 0 Å². The highest BCUT2D eigenvalue weighted by Crippen LogP contribution is 2.39. The predicted molar refractivity (Wildman–Crippen MR) is 75.4 cm³/mol. The molecular weight excluding hydrogens is 244 g/mol. The van der Waals surface area contributed by atoms with Crippen LogP contribution in [0.3, 0.4) is 0 Å². The predicted octanol–water partition coefficient (Wildman–Crippen LogP) is 3.34. The van der Waals surface area contributed by atoms with E-state index in [1.807, 2.05) is 0 Å². The van der Waals surface area contributed by atoms with Crippen molar-refractivity contribution in [1.82, 2.24) is 0 Å². The summed E-state index contributed by atoms with van der Waals surface area (Å²) in [4.78, 5) is 0. The lowest BCUT2D eigenvalue weighted by atomic mass is 9.89. The van der Waals surface area contributed by atoms with Crippen LogP contribution in [0.2, 0.25) is 19.1 Å². The topological polar surface area (TPSA) is 31.0 Å². The zero-order chi connectivity index (χ0) is 13.2. The largest absolute Gasteiger partial charge is 0.412 e. The molecule has 0 amide bonds. The lowest BCUT2D eigenvalue weighted by molar-refractivity contribution is -0.0395. The van der Waals surface area contributed by atoms with Crippen molar-refractivity contribution in [2.45, 2.75) is 76.5 Å². The molecule has 2 aliphatic heterocycles. The highest BCUT2D eigenvalue weighted by atomic mass is 28.4. The van der Waals surface area contributed by atoms with Gasteiger partial charge in [-0.1, -0.05) is 13.3 Å². The molecule has 2 aliphatic rings. The molecule has 106 valence electrons. The molecule has 0 radical (unpaired) electrons. The molecule has 2 fully saturated rings. The van der Waals surface area contributed by atoms with Crippen LogP contribution >= 0.6 is 0 Å². The lowest BCUT2D eigenvalue weighted by Crippen LogP contribution is -2.49. The number of rotatable bonds is 6. The van der Waals surface area contributed by atoms with Gasteiger partial charge in [0.2, 0.25) is 0 Å². The molecule has 4 heteroatoms. The summed E-state index contributed by atoms with van der Waals surface area (Å²) in [5.74, 6) is 0. The quantitative estimate of drug-likeness (QED) is 0.549. The number of hydrogen-bond acceptors (Lipinski definition) is 3. The van der Waals surface area contributed by atoms with Crippen LogP contribution in [0.5, 0.6) is 0 Å². The minimum Gasteiger partial charge on any atom is -0.412 e. The maximum absolute atomic E-state index is 6.53. The first-order chi connectivity index (χ1) is 8.45. The van der Waals surface area contributed by atoms with Crippen molar-refractivity contribution in [2.75, 3.05) is 13.2 Å². The molecule has 3 nitrogen and oxygen atoms in total. The van der Waals surface area contributed by atoms with Gasteiger partial charge in [-0.25, -0.2) is 0 Å². The van der Waals surface area contributed by atoms with Crippen LogP contribution in [0.1, 0.15) is 39.5 Å². The van der Waals surface area contributed by atoms with Crippen LogP contribution in [-0.4, -0.2) is 39.3 Å². The van der Waals surface area contributed by atoms with Crippen LogP contribution in [0.4, 0.5) is 0 Å². The molecular formula is C14H28O3Si.